The molecule has 0 aliphatic carbocycles. The van der Waals surface area contributed by atoms with Crippen LogP contribution < -0.4 is 0 Å². The Morgan fingerprint density at radius 3 is 1.45 bits per heavy atom. The smallest absolute Gasteiger partial charge is 0.00641 e. The molecular weight excluding hydrogens is 348 g/mol. The Morgan fingerprint density at radius 2 is 1.00 bits per heavy atom. The van der Waals surface area contributed by atoms with Gasteiger partial charge in [0.2, 0.25) is 0 Å². The van der Waals surface area contributed by atoms with Gasteiger partial charge in [-0.3, -0.25) is 0 Å². The summed E-state index contributed by atoms with van der Waals surface area (Å²) in [6.07, 6.45) is 5.89. The number of rotatable bonds is 6. The first kappa shape index (κ1) is 19.7. The number of fused-ring (bicyclic) bond motifs is 2. The van der Waals surface area contributed by atoms with E-state index in [-0.39, 0.29) is 0 Å². The molecule has 0 radical (unpaired) electrons. The summed E-state index contributed by atoms with van der Waals surface area (Å²) in [4.78, 5) is 0. The van der Waals surface area contributed by atoms with E-state index in [4.69, 9.17) is 0 Å². The van der Waals surface area contributed by atoms with E-state index >= 15 is 0 Å². The molecule has 0 fully saturated rings. The first-order chi connectivity index (χ1) is 14.2. The summed E-state index contributed by atoms with van der Waals surface area (Å²) in [6.45, 7) is 9.11. The maximum Gasteiger partial charge on any atom is -0.00641 e. The van der Waals surface area contributed by atoms with Crippen molar-refractivity contribution in [1.82, 2.24) is 0 Å². The Hall–Kier alpha value is -2.60. The lowest BCUT2D eigenvalue weighted by atomic mass is 9.82. The molecule has 0 saturated carbocycles. The third kappa shape index (κ3) is 3.57. The Balaban J connectivity index is 2.16. The highest BCUT2D eigenvalue weighted by Crippen LogP contribution is 2.42. The Bertz CT molecular complexity index is 1160. The molecule has 0 unspecified atom stereocenters. The van der Waals surface area contributed by atoms with Crippen molar-refractivity contribution in [3.8, 4) is 11.1 Å². The SMILES string of the molecule is CCCCc1cc(C)c2ccccc2c1-c1c(CCC)cc(C)c2ccccc12. The van der Waals surface area contributed by atoms with Crippen molar-refractivity contribution in [2.75, 3.05) is 0 Å². The number of unbranched alkanes of at least 4 members (excludes halogenated alkanes) is 1. The summed E-state index contributed by atoms with van der Waals surface area (Å²) in [5, 5.41) is 5.58. The molecule has 0 aliphatic heterocycles. The predicted molar refractivity (Wildman–Crippen MR) is 129 cm³/mol. The lowest BCUT2D eigenvalue weighted by Crippen LogP contribution is -2.00. The lowest BCUT2D eigenvalue weighted by Gasteiger charge is -2.21. The standard InChI is InChI=1S/C29H32/c1-5-7-13-23-19-21(4)25-15-9-11-17-27(25)29(23)28-22(12-6-2)18-20(3)24-14-8-10-16-26(24)28/h8-11,14-19H,5-7,12-13H2,1-4H3. The fourth-order valence-corrected chi connectivity index (χ4v) is 4.88. The van der Waals surface area contributed by atoms with E-state index in [0.717, 1.165) is 12.8 Å². The van der Waals surface area contributed by atoms with E-state index in [1.54, 1.807) is 0 Å². The fraction of sp³-hybridized carbons (Fsp3) is 0.310. The van der Waals surface area contributed by atoms with Crippen molar-refractivity contribution in [2.45, 2.75) is 59.8 Å². The quantitative estimate of drug-likeness (QED) is 0.314. The van der Waals surface area contributed by atoms with Gasteiger partial charge in [-0.1, -0.05) is 87.4 Å². The number of hydrogen-bond acceptors (Lipinski definition) is 0. The van der Waals surface area contributed by atoms with Gasteiger partial charge < -0.3 is 0 Å². The summed E-state index contributed by atoms with van der Waals surface area (Å²) in [6, 6.07) is 22.9. The van der Waals surface area contributed by atoms with Gasteiger partial charge >= 0.3 is 0 Å². The average Bonchev–Trinajstić information content (AvgIpc) is 2.74. The normalized spacial score (nSPS) is 11.4. The van der Waals surface area contributed by atoms with Gasteiger partial charge in [-0.2, -0.15) is 0 Å². The summed E-state index contributed by atoms with van der Waals surface area (Å²) in [5.41, 5.74) is 8.72. The molecule has 29 heavy (non-hydrogen) atoms. The van der Waals surface area contributed by atoms with E-state index in [9.17, 15) is 0 Å². The molecule has 0 saturated heterocycles. The average molecular weight is 381 g/mol. The van der Waals surface area contributed by atoms with E-state index in [2.05, 4.69) is 88.4 Å². The van der Waals surface area contributed by atoms with Crippen molar-refractivity contribution in [3.05, 3.63) is 82.9 Å². The first-order valence-corrected chi connectivity index (χ1v) is 11.2. The van der Waals surface area contributed by atoms with Crippen LogP contribution >= 0.6 is 0 Å². The topological polar surface area (TPSA) is 0 Å². The summed E-state index contributed by atoms with van der Waals surface area (Å²) in [5.74, 6) is 0. The molecule has 0 spiro atoms. The zero-order valence-electron chi connectivity index (χ0n) is 18.3. The first-order valence-electron chi connectivity index (χ1n) is 11.2. The van der Waals surface area contributed by atoms with Crippen LogP contribution in [0.4, 0.5) is 0 Å². The second kappa shape index (κ2) is 8.41. The van der Waals surface area contributed by atoms with Gasteiger partial charge in [-0.15, -0.1) is 0 Å². The largest absolute Gasteiger partial charge is 0.0654 e. The van der Waals surface area contributed by atoms with E-state index in [1.165, 1.54) is 74.2 Å². The zero-order chi connectivity index (χ0) is 20.4. The van der Waals surface area contributed by atoms with Gasteiger partial charge in [0.15, 0.2) is 0 Å². The fourth-order valence-electron chi connectivity index (χ4n) is 4.88. The van der Waals surface area contributed by atoms with Gasteiger partial charge in [0, 0.05) is 0 Å². The van der Waals surface area contributed by atoms with E-state index in [0.29, 0.717) is 0 Å². The second-order valence-corrected chi connectivity index (χ2v) is 8.40. The van der Waals surface area contributed by atoms with Crippen molar-refractivity contribution in [1.29, 1.82) is 0 Å². The van der Waals surface area contributed by atoms with Crippen LogP contribution in [0.3, 0.4) is 0 Å². The Morgan fingerprint density at radius 1 is 0.552 bits per heavy atom. The van der Waals surface area contributed by atoms with Crippen molar-refractivity contribution in [3.63, 3.8) is 0 Å². The predicted octanol–water partition coefficient (Wildman–Crippen LogP) is 8.57. The molecule has 0 aromatic heterocycles. The maximum atomic E-state index is 2.46. The van der Waals surface area contributed by atoms with Gasteiger partial charge in [0.05, 0.1) is 0 Å². The van der Waals surface area contributed by atoms with Crippen molar-refractivity contribution < 1.29 is 0 Å². The number of benzene rings is 4. The van der Waals surface area contributed by atoms with Gasteiger partial charge in [0.1, 0.15) is 0 Å². The molecule has 0 heterocycles. The van der Waals surface area contributed by atoms with E-state index < -0.39 is 0 Å². The Labute approximate surface area is 175 Å². The molecule has 148 valence electrons. The Kier molecular flexibility index (Phi) is 5.72. The van der Waals surface area contributed by atoms with Crippen LogP contribution in [0.15, 0.2) is 60.7 Å². The molecule has 0 nitrogen and oxygen atoms in total. The summed E-state index contributed by atoms with van der Waals surface area (Å²) < 4.78 is 0. The molecule has 0 heteroatoms. The molecule has 0 N–H and O–H groups in total. The van der Waals surface area contributed by atoms with Crippen LogP contribution in [-0.4, -0.2) is 0 Å². The van der Waals surface area contributed by atoms with E-state index in [1.807, 2.05) is 0 Å². The highest BCUT2D eigenvalue weighted by Gasteiger charge is 2.18. The van der Waals surface area contributed by atoms with Crippen molar-refractivity contribution >= 4 is 21.5 Å². The van der Waals surface area contributed by atoms with Crippen LogP contribution in [0.25, 0.3) is 32.7 Å². The molecule has 4 aromatic carbocycles. The minimum Gasteiger partial charge on any atom is -0.0654 e. The molecule has 4 rings (SSSR count). The molecule has 0 atom stereocenters. The molecule has 0 amide bonds. The van der Waals surface area contributed by atoms with Crippen LogP contribution in [-0.2, 0) is 12.8 Å². The molecule has 4 aromatic rings. The highest BCUT2D eigenvalue weighted by atomic mass is 14.2. The maximum absolute atomic E-state index is 2.46. The third-order valence-corrected chi connectivity index (χ3v) is 6.24. The lowest BCUT2D eigenvalue weighted by molar-refractivity contribution is 0.796. The minimum absolute atomic E-state index is 1.12. The van der Waals surface area contributed by atoms with Crippen molar-refractivity contribution in [2.24, 2.45) is 0 Å². The van der Waals surface area contributed by atoms with Crippen LogP contribution in [0, 0.1) is 13.8 Å². The van der Waals surface area contributed by atoms with Gasteiger partial charge in [-0.05, 0) is 88.0 Å². The second-order valence-electron chi connectivity index (χ2n) is 8.40. The third-order valence-electron chi connectivity index (χ3n) is 6.24. The molecule has 0 aliphatic rings. The van der Waals surface area contributed by atoms with Crippen LogP contribution in [0.5, 0.6) is 0 Å². The highest BCUT2D eigenvalue weighted by molar-refractivity contribution is 6.09. The van der Waals surface area contributed by atoms with Crippen LogP contribution in [0.2, 0.25) is 0 Å². The minimum atomic E-state index is 1.12. The molecule has 0 bridgehead atoms. The summed E-state index contributed by atoms with van der Waals surface area (Å²) >= 11 is 0. The zero-order valence-corrected chi connectivity index (χ0v) is 18.3. The van der Waals surface area contributed by atoms with Gasteiger partial charge in [-0.25, -0.2) is 0 Å². The number of hydrogen-bond donors (Lipinski definition) is 0. The van der Waals surface area contributed by atoms with Gasteiger partial charge in [0.25, 0.3) is 0 Å². The van der Waals surface area contributed by atoms with Crippen LogP contribution in [0.1, 0.15) is 55.4 Å². The number of aryl methyl sites for hydroxylation is 4. The molecular formula is C29H32. The summed E-state index contributed by atoms with van der Waals surface area (Å²) in [7, 11) is 0. The monoisotopic (exact) mass is 380 g/mol.